The average Bonchev–Trinajstić information content (AvgIpc) is 2.15. The van der Waals surface area contributed by atoms with Crippen molar-refractivity contribution in [1.82, 2.24) is 10.2 Å². The highest BCUT2D eigenvalue weighted by molar-refractivity contribution is 5.79. The number of nitrogens with one attached hydrogen (secondary N) is 1. The molecule has 0 aromatic carbocycles. The predicted octanol–water partition coefficient (Wildman–Crippen LogP) is 0.269. The van der Waals surface area contributed by atoms with Crippen LogP contribution in [0.1, 0.15) is 12.8 Å². The molecule has 4 heteroatoms. The predicted molar refractivity (Wildman–Crippen MR) is 50.4 cm³/mol. The van der Waals surface area contributed by atoms with Crippen molar-refractivity contribution < 1.29 is 9.90 Å². The van der Waals surface area contributed by atoms with Gasteiger partial charge in [-0.3, -0.25) is 0 Å². The van der Waals surface area contributed by atoms with Gasteiger partial charge in [0.2, 0.25) is 0 Å². The molecular weight excluding hydrogens is 168 g/mol. The average molecular weight is 184 g/mol. The van der Waals surface area contributed by atoms with Crippen LogP contribution in [0.15, 0.2) is 12.3 Å². The lowest BCUT2D eigenvalue weighted by molar-refractivity contribution is -0.131. The molecular formula is C9H16N2O2. The first-order valence-corrected chi connectivity index (χ1v) is 4.54. The molecule has 1 rings (SSSR count). The van der Waals surface area contributed by atoms with Gasteiger partial charge in [0, 0.05) is 25.4 Å². The van der Waals surface area contributed by atoms with Gasteiger partial charge in [-0.05, 0) is 25.9 Å². The third kappa shape index (κ3) is 3.46. The maximum atomic E-state index is 10.3. The van der Waals surface area contributed by atoms with Crippen molar-refractivity contribution in [2.24, 2.45) is 0 Å². The van der Waals surface area contributed by atoms with Gasteiger partial charge in [-0.2, -0.15) is 0 Å². The molecule has 0 radical (unpaired) electrons. The third-order valence-electron chi connectivity index (χ3n) is 2.34. The lowest BCUT2D eigenvalue weighted by atomic mass is 10.1. The zero-order chi connectivity index (χ0) is 9.68. The van der Waals surface area contributed by atoms with E-state index in [0.29, 0.717) is 6.04 Å². The van der Waals surface area contributed by atoms with Gasteiger partial charge in [0.1, 0.15) is 0 Å². The normalized spacial score (nSPS) is 19.2. The highest BCUT2D eigenvalue weighted by Gasteiger charge is 2.14. The summed E-state index contributed by atoms with van der Waals surface area (Å²) in [7, 11) is 1.93. The molecule has 0 aliphatic carbocycles. The van der Waals surface area contributed by atoms with Gasteiger partial charge in [0.15, 0.2) is 0 Å². The fourth-order valence-electron chi connectivity index (χ4n) is 1.52. The number of piperidine rings is 1. The summed E-state index contributed by atoms with van der Waals surface area (Å²) >= 11 is 0. The summed E-state index contributed by atoms with van der Waals surface area (Å²) in [5.41, 5.74) is 0. The second-order valence-electron chi connectivity index (χ2n) is 3.30. The molecule has 1 heterocycles. The number of hydrogen-bond acceptors (Lipinski definition) is 3. The molecule has 0 unspecified atom stereocenters. The lowest BCUT2D eigenvalue weighted by Crippen LogP contribution is -2.38. The lowest BCUT2D eigenvalue weighted by Gasteiger charge is -2.30. The minimum Gasteiger partial charge on any atom is -0.478 e. The third-order valence-corrected chi connectivity index (χ3v) is 2.34. The van der Waals surface area contributed by atoms with Crippen molar-refractivity contribution in [1.29, 1.82) is 0 Å². The first kappa shape index (κ1) is 10.1. The quantitative estimate of drug-likeness (QED) is 0.618. The molecule has 13 heavy (non-hydrogen) atoms. The van der Waals surface area contributed by atoms with Crippen LogP contribution >= 0.6 is 0 Å². The molecule has 1 aliphatic heterocycles. The summed E-state index contributed by atoms with van der Waals surface area (Å²) in [5.74, 6) is -0.888. The molecule has 0 saturated carbocycles. The molecule has 0 amide bonds. The molecule has 0 spiro atoms. The standard InChI is InChI=1S/C9H16N2O2/c1-11(7-4-9(12)13)8-2-5-10-6-3-8/h4,7-8,10H,2-3,5-6H2,1H3,(H,12,13)/b7-4+. The molecule has 0 atom stereocenters. The Morgan fingerprint density at radius 2 is 2.15 bits per heavy atom. The zero-order valence-electron chi connectivity index (χ0n) is 7.86. The Bertz CT molecular complexity index is 198. The van der Waals surface area contributed by atoms with Crippen LogP contribution < -0.4 is 5.32 Å². The van der Waals surface area contributed by atoms with Gasteiger partial charge < -0.3 is 15.3 Å². The summed E-state index contributed by atoms with van der Waals surface area (Å²) in [6.07, 6.45) is 4.99. The van der Waals surface area contributed by atoms with E-state index in [1.807, 2.05) is 11.9 Å². The van der Waals surface area contributed by atoms with Gasteiger partial charge in [-0.1, -0.05) is 0 Å². The van der Waals surface area contributed by atoms with E-state index in [4.69, 9.17) is 5.11 Å². The van der Waals surface area contributed by atoms with E-state index in [1.165, 1.54) is 6.08 Å². The zero-order valence-corrected chi connectivity index (χ0v) is 7.86. The second kappa shape index (κ2) is 4.87. The number of carbonyl (C=O) groups is 1. The summed E-state index contributed by atoms with van der Waals surface area (Å²) in [5, 5.41) is 11.7. The number of carboxylic acid groups (broad SMARTS) is 1. The Morgan fingerprint density at radius 3 is 2.69 bits per heavy atom. The van der Waals surface area contributed by atoms with E-state index in [0.717, 1.165) is 25.9 Å². The van der Waals surface area contributed by atoms with E-state index >= 15 is 0 Å². The van der Waals surface area contributed by atoms with Crippen molar-refractivity contribution in [2.45, 2.75) is 18.9 Å². The van der Waals surface area contributed by atoms with Crippen molar-refractivity contribution in [3.8, 4) is 0 Å². The fourth-order valence-corrected chi connectivity index (χ4v) is 1.52. The maximum Gasteiger partial charge on any atom is 0.329 e. The topological polar surface area (TPSA) is 52.6 Å². The van der Waals surface area contributed by atoms with Gasteiger partial charge in [-0.25, -0.2) is 4.79 Å². The van der Waals surface area contributed by atoms with Crippen LogP contribution in [-0.2, 0) is 4.79 Å². The Labute approximate surface area is 78.2 Å². The van der Waals surface area contributed by atoms with E-state index < -0.39 is 5.97 Å². The van der Waals surface area contributed by atoms with Crippen molar-refractivity contribution in [2.75, 3.05) is 20.1 Å². The molecule has 2 N–H and O–H groups in total. The van der Waals surface area contributed by atoms with E-state index in [-0.39, 0.29) is 0 Å². The first-order valence-electron chi connectivity index (χ1n) is 4.54. The summed E-state index contributed by atoms with van der Waals surface area (Å²) in [6, 6.07) is 0.483. The van der Waals surface area contributed by atoms with Crippen LogP contribution in [0.5, 0.6) is 0 Å². The highest BCUT2D eigenvalue weighted by Crippen LogP contribution is 2.09. The largest absolute Gasteiger partial charge is 0.478 e. The van der Waals surface area contributed by atoms with Gasteiger partial charge in [-0.15, -0.1) is 0 Å². The molecule has 0 aromatic heterocycles. The van der Waals surface area contributed by atoms with E-state index in [9.17, 15) is 4.79 Å². The van der Waals surface area contributed by atoms with Gasteiger partial charge >= 0.3 is 5.97 Å². The number of rotatable bonds is 3. The molecule has 1 saturated heterocycles. The minimum absolute atomic E-state index is 0.483. The first-order chi connectivity index (χ1) is 6.20. The maximum absolute atomic E-state index is 10.3. The number of nitrogens with zero attached hydrogens (tertiary/aromatic N) is 1. The van der Waals surface area contributed by atoms with Crippen LogP contribution in [0.2, 0.25) is 0 Å². The monoisotopic (exact) mass is 184 g/mol. The summed E-state index contributed by atoms with van der Waals surface area (Å²) in [6.45, 7) is 2.05. The summed E-state index contributed by atoms with van der Waals surface area (Å²) in [4.78, 5) is 12.2. The van der Waals surface area contributed by atoms with Crippen LogP contribution in [-0.4, -0.2) is 42.2 Å². The van der Waals surface area contributed by atoms with Crippen molar-refractivity contribution >= 4 is 5.97 Å². The minimum atomic E-state index is -0.888. The van der Waals surface area contributed by atoms with E-state index in [2.05, 4.69) is 5.32 Å². The smallest absolute Gasteiger partial charge is 0.329 e. The number of aliphatic carboxylic acids is 1. The van der Waals surface area contributed by atoms with Crippen molar-refractivity contribution in [3.05, 3.63) is 12.3 Å². The van der Waals surface area contributed by atoms with Crippen LogP contribution in [0.4, 0.5) is 0 Å². The molecule has 1 fully saturated rings. The molecule has 74 valence electrons. The van der Waals surface area contributed by atoms with Gasteiger partial charge in [0.05, 0.1) is 0 Å². The number of carboxylic acids is 1. The summed E-state index contributed by atoms with van der Waals surface area (Å²) < 4.78 is 0. The van der Waals surface area contributed by atoms with Crippen LogP contribution in [0.25, 0.3) is 0 Å². The van der Waals surface area contributed by atoms with Crippen LogP contribution in [0.3, 0.4) is 0 Å². The Hall–Kier alpha value is -1.03. The molecule has 4 nitrogen and oxygen atoms in total. The molecule has 0 bridgehead atoms. The van der Waals surface area contributed by atoms with Crippen molar-refractivity contribution in [3.63, 3.8) is 0 Å². The van der Waals surface area contributed by atoms with Crippen LogP contribution in [0, 0.1) is 0 Å². The van der Waals surface area contributed by atoms with E-state index in [1.54, 1.807) is 6.20 Å². The molecule has 1 aliphatic rings. The second-order valence-corrected chi connectivity index (χ2v) is 3.30. The van der Waals surface area contributed by atoms with Gasteiger partial charge in [0.25, 0.3) is 0 Å². The highest BCUT2D eigenvalue weighted by atomic mass is 16.4. The SMILES string of the molecule is CN(/C=C/C(=O)O)C1CCNCC1. The molecule has 0 aromatic rings. The Balaban J connectivity index is 2.36. The fraction of sp³-hybridized carbons (Fsp3) is 0.667. The Kier molecular flexibility index (Phi) is 3.76. The number of hydrogen-bond donors (Lipinski definition) is 2. The Morgan fingerprint density at radius 1 is 1.54 bits per heavy atom.